The van der Waals surface area contributed by atoms with E-state index in [9.17, 15) is 26.3 Å². The van der Waals surface area contributed by atoms with Gasteiger partial charge in [0.05, 0.1) is 23.8 Å². The summed E-state index contributed by atoms with van der Waals surface area (Å²) in [6.07, 6.45) is -9.32. The van der Waals surface area contributed by atoms with Crippen LogP contribution >= 0.6 is 0 Å². The Balaban J connectivity index is 1.83. The first-order valence-electron chi connectivity index (χ1n) is 9.22. The van der Waals surface area contributed by atoms with Crippen LogP contribution in [0.1, 0.15) is 40.2 Å². The van der Waals surface area contributed by atoms with Crippen molar-refractivity contribution in [1.29, 1.82) is 0 Å². The molecule has 1 fully saturated rings. The molecule has 1 heterocycles. The number of aryl methyl sites for hydroxylation is 1. The molecule has 0 aromatic heterocycles. The molecule has 2 nitrogen and oxygen atoms in total. The van der Waals surface area contributed by atoms with Crippen LogP contribution in [0.4, 0.5) is 26.3 Å². The van der Waals surface area contributed by atoms with Crippen molar-refractivity contribution in [2.24, 2.45) is 0 Å². The Labute approximate surface area is 164 Å². The highest BCUT2D eigenvalue weighted by Crippen LogP contribution is 2.37. The molecule has 0 spiro atoms. The number of hydrogen-bond donors (Lipinski definition) is 1. The standard InChI is InChI=1S/C21H21F6NO/c1-13-4-2-3-5-17(13)18-6-7-28-11-19(18)29-12-14-8-15(20(22,23)24)10-16(9-14)21(25,26)27/h2-5,8-10,18-19,28H,6-7,11-12H2,1H3/t18-,19-/m0/s1. The molecule has 158 valence electrons. The lowest BCUT2D eigenvalue weighted by Crippen LogP contribution is -2.41. The van der Waals surface area contributed by atoms with Crippen LogP contribution < -0.4 is 5.32 Å². The molecule has 2 aromatic carbocycles. The number of ether oxygens (including phenoxy) is 1. The van der Waals surface area contributed by atoms with Crippen LogP contribution in [-0.4, -0.2) is 19.2 Å². The van der Waals surface area contributed by atoms with Gasteiger partial charge in [-0.15, -0.1) is 0 Å². The first-order chi connectivity index (χ1) is 13.6. The molecule has 0 amide bonds. The number of rotatable bonds is 4. The van der Waals surface area contributed by atoms with Gasteiger partial charge in [0.2, 0.25) is 0 Å². The zero-order valence-electron chi connectivity index (χ0n) is 15.7. The predicted molar refractivity (Wildman–Crippen MR) is 96.4 cm³/mol. The van der Waals surface area contributed by atoms with Gasteiger partial charge in [-0.2, -0.15) is 26.3 Å². The SMILES string of the molecule is Cc1ccccc1[C@@H]1CCNC[C@@H]1OCc1cc(C(F)(F)F)cc(C(F)(F)F)c1. The summed E-state index contributed by atoms with van der Waals surface area (Å²) in [5, 5.41) is 3.18. The lowest BCUT2D eigenvalue weighted by atomic mass is 9.85. The molecule has 1 N–H and O–H groups in total. The number of halogens is 6. The van der Waals surface area contributed by atoms with E-state index in [0.29, 0.717) is 18.7 Å². The van der Waals surface area contributed by atoms with Gasteiger partial charge in [-0.25, -0.2) is 0 Å². The molecule has 1 aliphatic rings. The maximum absolute atomic E-state index is 13.0. The Morgan fingerprint density at radius 3 is 2.17 bits per heavy atom. The summed E-state index contributed by atoms with van der Waals surface area (Å²) in [7, 11) is 0. The van der Waals surface area contributed by atoms with Crippen molar-refractivity contribution in [2.45, 2.75) is 44.3 Å². The molecule has 0 saturated carbocycles. The largest absolute Gasteiger partial charge is 0.416 e. The second kappa shape index (κ2) is 8.36. The summed E-state index contributed by atoms with van der Waals surface area (Å²) in [5.74, 6) is 0.0188. The van der Waals surface area contributed by atoms with Crippen LogP contribution in [0.2, 0.25) is 0 Å². The monoisotopic (exact) mass is 417 g/mol. The summed E-state index contributed by atoms with van der Waals surface area (Å²) in [6.45, 7) is 2.88. The topological polar surface area (TPSA) is 21.3 Å². The van der Waals surface area contributed by atoms with Crippen molar-refractivity contribution in [3.8, 4) is 0 Å². The van der Waals surface area contributed by atoms with Gasteiger partial charge < -0.3 is 10.1 Å². The molecule has 0 bridgehead atoms. The fourth-order valence-corrected chi connectivity index (χ4v) is 3.67. The van der Waals surface area contributed by atoms with Gasteiger partial charge in [0, 0.05) is 12.5 Å². The number of benzene rings is 2. The third kappa shape index (κ3) is 5.30. The predicted octanol–water partition coefficient (Wildman–Crippen LogP) is 5.69. The van der Waals surface area contributed by atoms with E-state index in [1.165, 1.54) is 0 Å². The molecule has 2 atom stereocenters. The van der Waals surface area contributed by atoms with Crippen molar-refractivity contribution in [3.63, 3.8) is 0 Å². The lowest BCUT2D eigenvalue weighted by Gasteiger charge is -2.33. The third-order valence-electron chi connectivity index (χ3n) is 5.13. The average molecular weight is 417 g/mol. The van der Waals surface area contributed by atoms with E-state index in [4.69, 9.17) is 4.74 Å². The van der Waals surface area contributed by atoms with E-state index in [1.807, 2.05) is 31.2 Å². The van der Waals surface area contributed by atoms with E-state index >= 15 is 0 Å². The normalized spacial score (nSPS) is 20.7. The second-order valence-corrected chi connectivity index (χ2v) is 7.22. The van der Waals surface area contributed by atoms with E-state index < -0.39 is 23.5 Å². The van der Waals surface area contributed by atoms with Crippen molar-refractivity contribution in [2.75, 3.05) is 13.1 Å². The molecular weight excluding hydrogens is 396 g/mol. The quantitative estimate of drug-likeness (QED) is 0.645. The second-order valence-electron chi connectivity index (χ2n) is 7.22. The molecular formula is C21H21F6NO. The number of hydrogen-bond acceptors (Lipinski definition) is 2. The minimum Gasteiger partial charge on any atom is -0.372 e. The van der Waals surface area contributed by atoms with Gasteiger partial charge in [0.15, 0.2) is 0 Å². The molecule has 1 saturated heterocycles. The van der Waals surface area contributed by atoms with E-state index in [2.05, 4.69) is 5.32 Å². The summed E-state index contributed by atoms with van der Waals surface area (Å²) < 4.78 is 84.1. The van der Waals surface area contributed by atoms with Crippen molar-refractivity contribution >= 4 is 0 Å². The number of nitrogens with one attached hydrogen (secondary N) is 1. The minimum atomic E-state index is -4.87. The van der Waals surface area contributed by atoms with Crippen molar-refractivity contribution in [1.82, 2.24) is 5.32 Å². The molecule has 0 radical (unpaired) electrons. The Kier molecular flexibility index (Phi) is 6.24. The lowest BCUT2D eigenvalue weighted by molar-refractivity contribution is -0.143. The highest BCUT2D eigenvalue weighted by molar-refractivity contribution is 5.34. The van der Waals surface area contributed by atoms with Gasteiger partial charge >= 0.3 is 12.4 Å². The summed E-state index contributed by atoms with van der Waals surface area (Å²) >= 11 is 0. The van der Waals surface area contributed by atoms with Crippen LogP contribution in [0.5, 0.6) is 0 Å². The van der Waals surface area contributed by atoms with E-state index in [0.717, 1.165) is 24.1 Å². The molecule has 29 heavy (non-hydrogen) atoms. The Bertz CT molecular complexity index is 814. The molecule has 0 aliphatic carbocycles. The summed E-state index contributed by atoms with van der Waals surface area (Å²) in [6, 6.07) is 9.33. The van der Waals surface area contributed by atoms with Crippen LogP contribution in [0.25, 0.3) is 0 Å². The first kappa shape index (κ1) is 21.6. The maximum Gasteiger partial charge on any atom is 0.416 e. The molecule has 1 aliphatic heterocycles. The molecule has 0 unspecified atom stereocenters. The fraction of sp³-hybridized carbons (Fsp3) is 0.429. The molecule has 8 heteroatoms. The van der Waals surface area contributed by atoms with Gasteiger partial charge in [-0.1, -0.05) is 24.3 Å². The number of piperidine rings is 1. The van der Waals surface area contributed by atoms with Crippen molar-refractivity contribution in [3.05, 3.63) is 70.3 Å². The number of alkyl halides is 6. The summed E-state index contributed by atoms with van der Waals surface area (Å²) in [4.78, 5) is 0. The maximum atomic E-state index is 13.0. The van der Waals surface area contributed by atoms with Crippen LogP contribution in [0.3, 0.4) is 0 Å². The first-order valence-corrected chi connectivity index (χ1v) is 9.22. The fourth-order valence-electron chi connectivity index (χ4n) is 3.67. The van der Waals surface area contributed by atoms with Crippen LogP contribution in [-0.2, 0) is 23.7 Å². The van der Waals surface area contributed by atoms with Gasteiger partial charge in [0.1, 0.15) is 0 Å². The highest BCUT2D eigenvalue weighted by atomic mass is 19.4. The Morgan fingerprint density at radius 2 is 1.59 bits per heavy atom. The Morgan fingerprint density at radius 1 is 0.966 bits per heavy atom. The van der Waals surface area contributed by atoms with Crippen molar-refractivity contribution < 1.29 is 31.1 Å². The van der Waals surface area contributed by atoms with Gasteiger partial charge in [-0.3, -0.25) is 0 Å². The Hall–Kier alpha value is -2.06. The molecule has 3 rings (SSSR count). The zero-order chi connectivity index (χ0) is 21.2. The van der Waals surface area contributed by atoms with Gasteiger partial charge in [-0.05, 0) is 54.8 Å². The summed E-state index contributed by atoms with van der Waals surface area (Å²) in [5.41, 5.74) is -0.655. The van der Waals surface area contributed by atoms with Crippen LogP contribution in [0, 0.1) is 6.92 Å². The van der Waals surface area contributed by atoms with Gasteiger partial charge in [0.25, 0.3) is 0 Å². The highest BCUT2D eigenvalue weighted by Gasteiger charge is 2.37. The smallest absolute Gasteiger partial charge is 0.372 e. The average Bonchev–Trinajstić information content (AvgIpc) is 2.65. The van der Waals surface area contributed by atoms with E-state index in [1.54, 1.807) is 0 Å². The van der Waals surface area contributed by atoms with Crippen LogP contribution in [0.15, 0.2) is 42.5 Å². The minimum absolute atomic E-state index is 0.0188. The van der Waals surface area contributed by atoms with E-state index in [-0.39, 0.29) is 30.3 Å². The zero-order valence-corrected chi connectivity index (χ0v) is 15.7. The molecule has 2 aromatic rings. The third-order valence-corrected chi connectivity index (χ3v) is 5.13.